The van der Waals surface area contributed by atoms with Gasteiger partial charge in [-0.3, -0.25) is 9.59 Å². The number of halogens is 2. The minimum Gasteiger partial charge on any atom is -0.497 e. The van der Waals surface area contributed by atoms with Crippen LogP contribution >= 0.6 is 11.6 Å². The second-order valence-corrected chi connectivity index (χ2v) is 2.81. The van der Waals surface area contributed by atoms with Crippen LogP contribution in [-0.4, -0.2) is 18.6 Å². The number of aldehydes is 1. The van der Waals surface area contributed by atoms with E-state index in [1.807, 2.05) is 0 Å². The zero-order chi connectivity index (χ0) is 10.7. The molecule has 0 bridgehead atoms. The van der Waals surface area contributed by atoms with E-state index < -0.39 is 11.1 Å². The normalized spacial score (nSPS) is 9.64. The fourth-order valence-corrected chi connectivity index (χ4v) is 1.15. The summed E-state index contributed by atoms with van der Waals surface area (Å²) in [5, 5.41) is -0.898. The quantitative estimate of drug-likeness (QED) is 0.574. The molecule has 0 amide bonds. The van der Waals surface area contributed by atoms with Gasteiger partial charge in [0.25, 0.3) is 5.24 Å². The highest BCUT2D eigenvalue weighted by atomic mass is 35.5. The van der Waals surface area contributed by atoms with Crippen LogP contribution in [0.25, 0.3) is 0 Å². The van der Waals surface area contributed by atoms with Crippen molar-refractivity contribution in [1.82, 2.24) is 0 Å². The van der Waals surface area contributed by atoms with Crippen LogP contribution in [0.5, 0.6) is 5.75 Å². The number of hydrogen-bond donors (Lipinski definition) is 0. The van der Waals surface area contributed by atoms with Gasteiger partial charge >= 0.3 is 0 Å². The SMILES string of the molecule is COc1cc(F)c(C=O)c(C(=O)Cl)c1. The number of benzene rings is 1. The summed E-state index contributed by atoms with van der Waals surface area (Å²) in [6, 6.07) is 2.22. The first-order valence-electron chi connectivity index (χ1n) is 3.62. The van der Waals surface area contributed by atoms with E-state index in [9.17, 15) is 14.0 Å². The Morgan fingerprint density at radius 1 is 1.57 bits per heavy atom. The maximum atomic E-state index is 13.1. The fraction of sp³-hybridized carbons (Fsp3) is 0.111. The van der Waals surface area contributed by atoms with Crippen LogP contribution in [0.3, 0.4) is 0 Å². The molecule has 1 rings (SSSR count). The third-order valence-corrected chi connectivity index (χ3v) is 1.87. The van der Waals surface area contributed by atoms with Crippen LogP contribution in [0.1, 0.15) is 20.7 Å². The van der Waals surface area contributed by atoms with Crippen LogP contribution in [0, 0.1) is 5.82 Å². The third kappa shape index (κ3) is 1.90. The molecule has 0 heterocycles. The smallest absolute Gasteiger partial charge is 0.253 e. The highest BCUT2D eigenvalue weighted by molar-refractivity contribution is 6.68. The van der Waals surface area contributed by atoms with Crippen molar-refractivity contribution >= 4 is 23.1 Å². The molecule has 0 aromatic heterocycles. The number of rotatable bonds is 3. The second kappa shape index (κ2) is 4.19. The van der Waals surface area contributed by atoms with Gasteiger partial charge in [-0.15, -0.1) is 0 Å². The fourth-order valence-electron chi connectivity index (χ4n) is 0.993. The Morgan fingerprint density at radius 2 is 2.21 bits per heavy atom. The summed E-state index contributed by atoms with van der Waals surface area (Å²) in [4.78, 5) is 21.3. The van der Waals surface area contributed by atoms with E-state index in [2.05, 4.69) is 0 Å². The summed E-state index contributed by atoms with van der Waals surface area (Å²) < 4.78 is 17.9. The number of ether oxygens (including phenoxy) is 1. The molecule has 0 radical (unpaired) electrons. The van der Waals surface area contributed by atoms with Gasteiger partial charge in [-0.1, -0.05) is 0 Å². The van der Waals surface area contributed by atoms with Crippen molar-refractivity contribution in [2.75, 3.05) is 7.11 Å². The molecular formula is C9H6ClFO3. The van der Waals surface area contributed by atoms with Crippen LogP contribution < -0.4 is 4.74 Å². The van der Waals surface area contributed by atoms with Crippen LogP contribution in [-0.2, 0) is 0 Å². The molecule has 5 heteroatoms. The van der Waals surface area contributed by atoms with Gasteiger partial charge in [0.05, 0.1) is 18.2 Å². The zero-order valence-corrected chi connectivity index (χ0v) is 7.97. The van der Waals surface area contributed by atoms with Crippen molar-refractivity contribution in [3.05, 3.63) is 29.1 Å². The molecule has 0 saturated carbocycles. The van der Waals surface area contributed by atoms with Gasteiger partial charge in [0, 0.05) is 6.07 Å². The van der Waals surface area contributed by atoms with Gasteiger partial charge in [0.15, 0.2) is 6.29 Å². The monoisotopic (exact) mass is 216 g/mol. The molecule has 0 N–H and O–H groups in total. The van der Waals surface area contributed by atoms with E-state index in [1.165, 1.54) is 13.2 Å². The lowest BCUT2D eigenvalue weighted by Crippen LogP contribution is -2.01. The number of methoxy groups -OCH3 is 1. The Labute approximate surface area is 84.4 Å². The van der Waals surface area contributed by atoms with Crippen molar-refractivity contribution in [3.8, 4) is 5.75 Å². The average molecular weight is 217 g/mol. The Bertz CT molecular complexity index is 390. The zero-order valence-electron chi connectivity index (χ0n) is 7.21. The Morgan fingerprint density at radius 3 is 2.64 bits per heavy atom. The highest BCUT2D eigenvalue weighted by Gasteiger charge is 2.15. The summed E-state index contributed by atoms with van der Waals surface area (Å²) in [5.41, 5.74) is -0.552. The molecule has 0 aliphatic heterocycles. The standard InChI is InChI=1S/C9H6ClFO3/c1-14-5-2-6(9(10)13)7(4-12)8(11)3-5/h2-4H,1H3. The minimum absolute atomic E-state index is 0.136. The lowest BCUT2D eigenvalue weighted by atomic mass is 10.1. The van der Waals surface area contributed by atoms with Crippen molar-refractivity contribution in [2.45, 2.75) is 0 Å². The third-order valence-electron chi connectivity index (χ3n) is 1.67. The predicted molar refractivity (Wildman–Crippen MR) is 48.5 cm³/mol. The molecule has 0 aliphatic carbocycles. The first kappa shape index (κ1) is 10.7. The van der Waals surface area contributed by atoms with Gasteiger partial charge in [0.2, 0.25) is 0 Å². The lowest BCUT2D eigenvalue weighted by molar-refractivity contribution is 0.106. The molecule has 1 aromatic carbocycles. The molecule has 0 atom stereocenters. The summed E-state index contributed by atoms with van der Waals surface area (Å²) in [6.07, 6.45) is 0.240. The van der Waals surface area contributed by atoms with E-state index in [0.717, 1.165) is 6.07 Å². The van der Waals surface area contributed by atoms with E-state index in [4.69, 9.17) is 16.3 Å². The molecular weight excluding hydrogens is 211 g/mol. The van der Waals surface area contributed by atoms with E-state index in [-0.39, 0.29) is 23.2 Å². The van der Waals surface area contributed by atoms with Crippen LogP contribution in [0.15, 0.2) is 12.1 Å². The Balaban J connectivity index is 3.43. The van der Waals surface area contributed by atoms with E-state index >= 15 is 0 Å². The number of hydrogen-bond acceptors (Lipinski definition) is 3. The molecule has 0 fully saturated rings. The molecule has 0 spiro atoms. The Hall–Kier alpha value is -1.42. The van der Waals surface area contributed by atoms with Gasteiger partial charge in [-0.25, -0.2) is 4.39 Å². The Kier molecular flexibility index (Phi) is 3.19. The van der Waals surface area contributed by atoms with Gasteiger partial charge in [0.1, 0.15) is 11.6 Å². The van der Waals surface area contributed by atoms with Crippen LogP contribution in [0.4, 0.5) is 4.39 Å². The molecule has 1 aromatic rings. The summed E-state index contributed by atoms with van der Waals surface area (Å²) in [7, 11) is 1.32. The first-order valence-corrected chi connectivity index (χ1v) is 4.00. The summed E-state index contributed by atoms with van der Waals surface area (Å²) in [5.74, 6) is -0.694. The molecule has 3 nitrogen and oxygen atoms in total. The highest BCUT2D eigenvalue weighted by Crippen LogP contribution is 2.21. The van der Waals surface area contributed by atoms with Crippen molar-refractivity contribution in [2.24, 2.45) is 0 Å². The number of carbonyl (C=O) groups is 2. The van der Waals surface area contributed by atoms with Crippen molar-refractivity contribution in [3.63, 3.8) is 0 Å². The van der Waals surface area contributed by atoms with E-state index in [1.54, 1.807) is 0 Å². The predicted octanol–water partition coefficient (Wildman–Crippen LogP) is 2.03. The van der Waals surface area contributed by atoms with Gasteiger partial charge in [-0.05, 0) is 17.7 Å². The molecule has 0 saturated heterocycles. The lowest BCUT2D eigenvalue weighted by Gasteiger charge is -2.04. The maximum absolute atomic E-state index is 13.1. The molecule has 0 aliphatic rings. The largest absolute Gasteiger partial charge is 0.497 e. The topological polar surface area (TPSA) is 43.4 Å². The minimum atomic E-state index is -0.898. The van der Waals surface area contributed by atoms with Crippen molar-refractivity contribution in [1.29, 1.82) is 0 Å². The average Bonchev–Trinajstić information content (AvgIpc) is 2.16. The number of carbonyl (C=O) groups excluding carboxylic acids is 2. The second-order valence-electron chi connectivity index (χ2n) is 2.46. The van der Waals surface area contributed by atoms with E-state index in [0.29, 0.717) is 0 Å². The van der Waals surface area contributed by atoms with Crippen molar-refractivity contribution < 1.29 is 18.7 Å². The van der Waals surface area contributed by atoms with Gasteiger partial charge < -0.3 is 4.74 Å². The van der Waals surface area contributed by atoms with Crippen LogP contribution in [0.2, 0.25) is 0 Å². The molecule has 74 valence electrons. The molecule has 14 heavy (non-hydrogen) atoms. The maximum Gasteiger partial charge on any atom is 0.253 e. The first-order chi connectivity index (χ1) is 6.60. The molecule has 0 unspecified atom stereocenters. The summed E-state index contributed by atoms with van der Waals surface area (Å²) >= 11 is 5.17. The summed E-state index contributed by atoms with van der Waals surface area (Å²) in [6.45, 7) is 0. The van der Waals surface area contributed by atoms with Gasteiger partial charge in [-0.2, -0.15) is 0 Å².